The molecule has 0 saturated carbocycles. The van der Waals surface area contributed by atoms with E-state index in [1.807, 2.05) is 0 Å². The van der Waals surface area contributed by atoms with E-state index in [0.29, 0.717) is 32.0 Å². The van der Waals surface area contributed by atoms with Crippen molar-refractivity contribution in [1.29, 1.82) is 0 Å². The van der Waals surface area contributed by atoms with Crippen LogP contribution in [0, 0.1) is 11.6 Å². The topological polar surface area (TPSA) is 70.1 Å². The highest BCUT2D eigenvalue weighted by Gasteiger charge is 2.26. The summed E-state index contributed by atoms with van der Waals surface area (Å²) in [6.45, 7) is 1.32. The first-order chi connectivity index (χ1) is 13.4. The number of anilines is 1. The number of ether oxygens (including phenoxy) is 1. The van der Waals surface area contributed by atoms with Crippen molar-refractivity contribution in [3.63, 3.8) is 0 Å². The molecule has 9 heteroatoms. The first-order valence-corrected chi connectivity index (χ1v) is 8.85. The summed E-state index contributed by atoms with van der Waals surface area (Å²) in [6.07, 6.45) is 0. The Labute approximate surface area is 164 Å². The monoisotopic (exact) mass is 410 g/mol. The van der Waals surface area contributed by atoms with Crippen LogP contribution < -0.4 is 4.90 Å². The Morgan fingerprint density at radius 1 is 1.11 bits per heavy atom. The van der Waals surface area contributed by atoms with Crippen LogP contribution in [0.1, 0.15) is 15.9 Å². The molecule has 3 rings (SSSR count). The summed E-state index contributed by atoms with van der Waals surface area (Å²) in [6, 6.07) is 6.85. The highest BCUT2D eigenvalue weighted by Crippen LogP contribution is 2.26. The van der Waals surface area contributed by atoms with Crippen molar-refractivity contribution in [3.8, 4) is 0 Å². The molecule has 0 unspecified atom stereocenters. The van der Waals surface area contributed by atoms with Crippen LogP contribution in [0.4, 0.5) is 19.3 Å². The molecule has 0 aromatic heterocycles. The minimum absolute atomic E-state index is 0.118. The van der Waals surface area contributed by atoms with Gasteiger partial charge < -0.3 is 14.7 Å². The third-order valence-corrected chi connectivity index (χ3v) is 4.65. The van der Waals surface area contributed by atoms with Crippen molar-refractivity contribution in [1.82, 2.24) is 4.90 Å². The molecule has 1 aliphatic heterocycles. The number of halogens is 3. The number of amides is 2. The number of carbonyl (C=O) groups excluding carboxylic acids is 1. The predicted molar refractivity (Wildman–Crippen MR) is 98.7 cm³/mol. The highest BCUT2D eigenvalue weighted by atomic mass is 35.5. The van der Waals surface area contributed by atoms with Gasteiger partial charge >= 0.3 is 12.0 Å². The molecule has 28 heavy (non-hydrogen) atoms. The van der Waals surface area contributed by atoms with Gasteiger partial charge in [0.1, 0.15) is 11.6 Å². The molecule has 2 aromatic carbocycles. The van der Waals surface area contributed by atoms with Crippen molar-refractivity contribution in [2.45, 2.75) is 6.54 Å². The van der Waals surface area contributed by atoms with Crippen molar-refractivity contribution in [2.75, 3.05) is 31.2 Å². The summed E-state index contributed by atoms with van der Waals surface area (Å²) >= 11 is 5.85. The zero-order chi connectivity index (χ0) is 20.3. The normalized spacial score (nSPS) is 14.0. The number of urea groups is 1. The quantitative estimate of drug-likeness (QED) is 0.832. The summed E-state index contributed by atoms with van der Waals surface area (Å²) in [7, 11) is 0. The second-order valence-corrected chi connectivity index (χ2v) is 6.59. The molecule has 1 aliphatic rings. The highest BCUT2D eigenvalue weighted by molar-refractivity contribution is 6.31. The van der Waals surface area contributed by atoms with Gasteiger partial charge in [-0.05, 0) is 30.3 Å². The fraction of sp³-hybridized carbons (Fsp3) is 0.263. The Balaban J connectivity index is 1.94. The van der Waals surface area contributed by atoms with Crippen LogP contribution in [-0.2, 0) is 11.3 Å². The minimum Gasteiger partial charge on any atom is -0.478 e. The number of carbonyl (C=O) groups is 2. The van der Waals surface area contributed by atoms with Crippen molar-refractivity contribution < 1.29 is 28.2 Å². The van der Waals surface area contributed by atoms with E-state index in [1.165, 1.54) is 29.2 Å². The minimum atomic E-state index is -1.25. The van der Waals surface area contributed by atoms with Crippen LogP contribution in [0.2, 0.25) is 5.02 Å². The van der Waals surface area contributed by atoms with Gasteiger partial charge in [-0.15, -0.1) is 0 Å². The van der Waals surface area contributed by atoms with E-state index in [4.69, 9.17) is 21.4 Å². The van der Waals surface area contributed by atoms with Crippen molar-refractivity contribution in [3.05, 3.63) is 64.2 Å². The molecule has 1 fully saturated rings. The van der Waals surface area contributed by atoms with Crippen LogP contribution in [-0.4, -0.2) is 48.3 Å². The average Bonchev–Trinajstić information content (AvgIpc) is 2.69. The van der Waals surface area contributed by atoms with Crippen molar-refractivity contribution in [2.24, 2.45) is 0 Å². The fourth-order valence-electron chi connectivity index (χ4n) is 2.83. The second-order valence-electron chi connectivity index (χ2n) is 6.18. The lowest BCUT2D eigenvalue weighted by atomic mass is 10.1. The van der Waals surface area contributed by atoms with E-state index in [9.17, 15) is 18.4 Å². The van der Waals surface area contributed by atoms with Gasteiger partial charge in [0.2, 0.25) is 0 Å². The van der Waals surface area contributed by atoms with Crippen molar-refractivity contribution >= 4 is 29.3 Å². The molecule has 2 amide bonds. The Bertz CT molecular complexity index is 903. The maximum atomic E-state index is 14.4. The van der Waals surface area contributed by atoms with Crippen LogP contribution >= 0.6 is 11.6 Å². The zero-order valence-corrected chi connectivity index (χ0v) is 15.5. The largest absolute Gasteiger partial charge is 0.478 e. The van der Waals surface area contributed by atoms with Crippen LogP contribution in [0.25, 0.3) is 0 Å². The van der Waals surface area contributed by atoms with Gasteiger partial charge in [0.25, 0.3) is 0 Å². The van der Waals surface area contributed by atoms with E-state index >= 15 is 0 Å². The second kappa shape index (κ2) is 8.53. The standard InChI is InChI=1S/C19H17ClF2N2O4/c20-15-10-14(3-4-16(15)21)24(19(27)23-5-7-28-8-6-23)11-13-2-1-12(18(25)26)9-17(13)22/h1-4,9-10H,5-8,11H2,(H,25,26). The Hall–Kier alpha value is -2.71. The summed E-state index contributed by atoms with van der Waals surface area (Å²) in [5.74, 6) is -2.65. The number of aromatic carboxylic acids is 1. The number of rotatable bonds is 4. The lowest BCUT2D eigenvalue weighted by Gasteiger charge is -2.33. The molecule has 6 nitrogen and oxygen atoms in total. The lowest BCUT2D eigenvalue weighted by Crippen LogP contribution is -2.48. The van der Waals surface area contributed by atoms with Gasteiger partial charge in [0.15, 0.2) is 0 Å². The summed E-state index contributed by atoms with van der Waals surface area (Å²) in [5, 5.41) is 8.81. The zero-order valence-electron chi connectivity index (χ0n) is 14.7. The Morgan fingerprint density at radius 3 is 2.43 bits per heavy atom. The summed E-state index contributed by atoms with van der Waals surface area (Å²) in [5.41, 5.74) is 0.216. The first kappa shape index (κ1) is 20.0. The smallest absolute Gasteiger partial charge is 0.335 e. The SMILES string of the molecule is O=C(O)c1ccc(CN(C(=O)N2CCOCC2)c2ccc(F)c(Cl)c2)c(F)c1. The Morgan fingerprint density at radius 2 is 1.82 bits per heavy atom. The third-order valence-electron chi connectivity index (χ3n) is 4.36. The third kappa shape index (κ3) is 4.40. The van der Waals surface area contributed by atoms with Gasteiger partial charge in [-0.3, -0.25) is 4.90 Å². The molecule has 0 aliphatic carbocycles. The molecule has 2 aromatic rings. The molecular formula is C19H17ClF2N2O4. The van der Waals surface area contributed by atoms with Crippen LogP contribution in [0.15, 0.2) is 36.4 Å². The van der Waals surface area contributed by atoms with Gasteiger partial charge in [-0.2, -0.15) is 0 Å². The maximum Gasteiger partial charge on any atom is 0.335 e. The van der Waals surface area contributed by atoms with Gasteiger partial charge in [-0.25, -0.2) is 18.4 Å². The molecule has 1 saturated heterocycles. The molecule has 148 valence electrons. The molecule has 0 radical (unpaired) electrons. The van der Waals surface area contributed by atoms with E-state index in [0.717, 1.165) is 12.1 Å². The number of carboxylic acids is 1. The number of hydrogen-bond donors (Lipinski definition) is 1. The molecular weight excluding hydrogens is 394 g/mol. The maximum absolute atomic E-state index is 14.4. The predicted octanol–water partition coefficient (Wildman–Crippen LogP) is 3.78. The number of hydrogen-bond acceptors (Lipinski definition) is 3. The lowest BCUT2D eigenvalue weighted by molar-refractivity contribution is 0.0548. The van der Waals surface area contributed by atoms with E-state index in [2.05, 4.69) is 0 Å². The van der Waals surface area contributed by atoms with E-state index < -0.39 is 23.6 Å². The molecule has 1 heterocycles. The van der Waals surface area contributed by atoms with Gasteiger partial charge in [0, 0.05) is 24.3 Å². The first-order valence-electron chi connectivity index (χ1n) is 8.48. The number of morpholine rings is 1. The molecule has 1 N–H and O–H groups in total. The number of nitrogens with zero attached hydrogens (tertiary/aromatic N) is 2. The van der Waals surface area contributed by atoms with Crippen LogP contribution in [0.3, 0.4) is 0 Å². The Kier molecular flexibility index (Phi) is 6.11. The van der Waals surface area contributed by atoms with Crippen LogP contribution in [0.5, 0.6) is 0 Å². The molecule has 0 atom stereocenters. The molecule has 0 bridgehead atoms. The van der Waals surface area contributed by atoms with E-state index in [1.54, 1.807) is 4.90 Å². The van der Waals surface area contributed by atoms with Gasteiger partial charge in [-0.1, -0.05) is 17.7 Å². The number of carboxylic acid groups (broad SMARTS) is 1. The fourth-order valence-corrected chi connectivity index (χ4v) is 3.00. The summed E-state index contributed by atoms with van der Waals surface area (Å²) in [4.78, 5) is 26.8. The summed E-state index contributed by atoms with van der Waals surface area (Å²) < 4.78 is 33.2. The van der Waals surface area contributed by atoms with E-state index in [-0.39, 0.29) is 22.7 Å². The molecule has 0 spiro atoms. The average molecular weight is 411 g/mol. The van der Waals surface area contributed by atoms with Gasteiger partial charge in [0.05, 0.1) is 30.3 Å². The number of benzene rings is 2.